The molecule has 32 heavy (non-hydrogen) atoms. The molecule has 0 unspecified atom stereocenters. The zero-order valence-electron chi connectivity index (χ0n) is 17.7. The van der Waals surface area contributed by atoms with Crippen molar-refractivity contribution in [3.8, 4) is 28.7 Å². The van der Waals surface area contributed by atoms with Crippen LogP contribution in [-0.2, 0) is 6.54 Å². The molecule has 5 aromatic rings. The van der Waals surface area contributed by atoms with Crippen LogP contribution in [-0.4, -0.2) is 36.6 Å². The minimum absolute atomic E-state index is 0.541. The van der Waals surface area contributed by atoms with E-state index in [2.05, 4.69) is 26.0 Å². The molecule has 156 valence electrons. The molecular formula is C24H20N8. The highest BCUT2D eigenvalue weighted by molar-refractivity contribution is 5.77. The molecule has 0 spiro atoms. The average molecular weight is 420 g/mol. The van der Waals surface area contributed by atoms with E-state index in [-0.39, 0.29) is 0 Å². The zero-order chi connectivity index (χ0) is 22.1. The Labute approximate surface area is 184 Å². The summed E-state index contributed by atoms with van der Waals surface area (Å²) in [5.41, 5.74) is 6.67. The molecule has 0 radical (unpaired) electrons. The van der Waals surface area contributed by atoms with Gasteiger partial charge in [-0.25, -0.2) is 14.5 Å². The van der Waals surface area contributed by atoms with Gasteiger partial charge in [0.15, 0.2) is 5.65 Å². The van der Waals surface area contributed by atoms with Crippen molar-refractivity contribution in [3.63, 3.8) is 0 Å². The minimum atomic E-state index is 0.541. The van der Waals surface area contributed by atoms with E-state index in [1.165, 1.54) is 6.33 Å². The van der Waals surface area contributed by atoms with Crippen molar-refractivity contribution in [2.75, 3.05) is 11.9 Å². The summed E-state index contributed by atoms with van der Waals surface area (Å²) in [6, 6.07) is 19.6. The minimum Gasteiger partial charge on any atom is -0.367 e. The van der Waals surface area contributed by atoms with Crippen LogP contribution in [0.1, 0.15) is 17.1 Å². The number of anilines is 1. The number of pyridine rings is 2. The lowest BCUT2D eigenvalue weighted by Gasteiger charge is -2.18. The molecule has 0 saturated heterocycles. The summed E-state index contributed by atoms with van der Waals surface area (Å²) >= 11 is 0. The summed E-state index contributed by atoms with van der Waals surface area (Å²) < 4.78 is 1.73. The number of aryl methyl sites for hydroxylation is 1. The number of imidazole rings is 1. The molecule has 0 aliphatic heterocycles. The van der Waals surface area contributed by atoms with Crippen LogP contribution in [0.5, 0.6) is 0 Å². The van der Waals surface area contributed by atoms with Gasteiger partial charge in [-0.15, -0.1) is 0 Å². The van der Waals surface area contributed by atoms with Crippen LogP contribution in [0, 0.1) is 18.3 Å². The number of hydrogen-bond acceptors (Lipinski definition) is 6. The fourth-order valence-electron chi connectivity index (χ4n) is 3.66. The van der Waals surface area contributed by atoms with Gasteiger partial charge in [0.2, 0.25) is 0 Å². The third-order valence-corrected chi connectivity index (χ3v) is 5.25. The van der Waals surface area contributed by atoms with Crippen LogP contribution < -0.4 is 4.90 Å². The molecule has 1 aromatic carbocycles. The first-order valence-corrected chi connectivity index (χ1v) is 10.1. The fraction of sp³-hybridized carbons (Fsp3) is 0.125. The van der Waals surface area contributed by atoms with E-state index < -0.39 is 0 Å². The third-order valence-electron chi connectivity index (χ3n) is 5.25. The van der Waals surface area contributed by atoms with Crippen molar-refractivity contribution in [3.05, 3.63) is 84.2 Å². The number of aromatic nitrogens is 6. The van der Waals surface area contributed by atoms with E-state index in [0.29, 0.717) is 12.1 Å². The summed E-state index contributed by atoms with van der Waals surface area (Å²) in [6.45, 7) is 2.51. The van der Waals surface area contributed by atoms with E-state index in [1.54, 1.807) is 10.6 Å². The van der Waals surface area contributed by atoms with Gasteiger partial charge < -0.3 is 9.88 Å². The van der Waals surface area contributed by atoms with Crippen LogP contribution in [0.3, 0.4) is 0 Å². The monoisotopic (exact) mass is 420 g/mol. The lowest BCUT2D eigenvalue weighted by Crippen LogP contribution is -2.17. The van der Waals surface area contributed by atoms with Gasteiger partial charge in [-0.1, -0.05) is 12.1 Å². The van der Waals surface area contributed by atoms with Gasteiger partial charge in [0.05, 0.1) is 35.3 Å². The fourth-order valence-corrected chi connectivity index (χ4v) is 3.66. The first-order chi connectivity index (χ1) is 15.6. The summed E-state index contributed by atoms with van der Waals surface area (Å²) in [4.78, 5) is 19.4. The molecule has 0 amide bonds. The van der Waals surface area contributed by atoms with Gasteiger partial charge in [-0.2, -0.15) is 10.4 Å². The van der Waals surface area contributed by atoms with Crippen molar-refractivity contribution >= 4 is 11.3 Å². The molecule has 0 aliphatic rings. The summed E-state index contributed by atoms with van der Waals surface area (Å²) in [5, 5.41) is 13.5. The Hall–Kier alpha value is -4.51. The molecule has 0 aliphatic carbocycles. The zero-order valence-corrected chi connectivity index (χ0v) is 17.7. The number of nitrogens with zero attached hydrogens (tertiary/aromatic N) is 7. The highest BCUT2D eigenvalue weighted by atomic mass is 15.3. The SMILES string of the molecule is Cc1cccc(-c2[nH]c(CN(C)c3cccc(C#N)c3)nc2-c2ccc3ncnn3c2)n1. The van der Waals surface area contributed by atoms with Crippen molar-refractivity contribution in [1.29, 1.82) is 5.26 Å². The molecule has 8 heteroatoms. The lowest BCUT2D eigenvalue weighted by atomic mass is 10.1. The maximum absolute atomic E-state index is 9.20. The van der Waals surface area contributed by atoms with Crippen LogP contribution in [0.4, 0.5) is 5.69 Å². The Balaban J connectivity index is 1.57. The maximum Gasteiger partial charge on any atom is 0.155 e. The maximum atomic E-state index is 9.20. The van der Waals surface area contributed by atoms with E-state index in [0.717, 1.165) is 45.5 Å². The molecule has 4 aromatic heterocycles. The van der Waals surface area contributed by atoms with Crippen LogP contribution in [0.15, 0.2) is 67.1 Å². The highest BCUT2D eigenvalue weighted by Crippen LogP contribution is 2.30. The molecule has 0 saturated carbocycles. The predicted molar refractivity (Wildman–Crippen MR) is 122 cm³/mol. The number of aromatic amines is 1. The van der Waals surface area contributed by atoms with E-state index in [4.69, 9.17) is 9.97 Å². The van der Waals surface area contributed by atoms with Crippen molar-refractivity contribution in [2.24, 2.45) is 0 Å². The Bertz CT molecular complexity index is 1460. The Morgan fingerprint density at radius 1 is 1.09 bits per heavy atom. The summed E-state index contributed by atoms with van der Waals surface area (Å²) in [7, 11) is 1.98. The van der Waals surface area contributed by atoms with Crippen LogP contribution in [0.2, 0.25) is 0 Å². The van der Waals surface area contributed by atoms with Gasteiger partial charge in [0.1, 0.15) is 12.2 Å². The van der Waals surface area contributed by atoms with E-state index in [9.17, 15) is 5.26 Å². The normalized spacial score (nSPS) is 10.9. The standard InChI is InChI=1S/C24H20N8/c1-16-5-3-8-20(28-16)24-23(18-9-10-22-26-15-27-32(22)13-18)29-21(30-24)14-31(2)19-7-4-6-17(11-19)12-25/h3-11,13,15H,14H2,1-2H3,(H,29,30). The molecular weight excluding hydrogens is 400 g/mol. The van der Waals surface area contributed by atoms with Crippen LogP contribution in [0.25, 0.3) is 28.3 Å². The molecule has 0 bridgehead atoms. The summed E-state index contributed by atoms with van der Waals surface area (Å²) in [5.74, 6) is 0.793. The quantitative estimate of drug-likeness (QED) is 0.461. The number of nitriles is 1. The molecule has 0 atom stereocenters. The molecule has 1 N–H and O–H groups in total. The topological polar surface area (TPSA) is 98.8 Å². The first kappa shape index (κ1) is 19.5. The highest BCUT2D eigenvalue weighted by Gasteiger charge is 2.17. The lowest BCUT2D eigenvalue weighted by molar-refractivity contribution is 0.860. The smallest absolute Gasteiger partial charge is 0.155 e. The Morgan fingerprint density at radius 2 is 1.97 bits per heavy atom. The second-order valence-electron chi connectivity index (χ2n) is 7.57. The second-order valence-corrected chi connectivity index (χ2v) is 7.57. The molecule has 0 fully saturated rings. The Kier molecular flexibility index (Phi) is 4.84. The second kappa shape index (κ2) is 7.96. The van der Waals surface area contributed by atoms with E-state index in [1.807, 2.05) is 68.7 Å². The number of nitrogens with one attached hydrogen (secondary N) is 1. The number of hydrogen-bond donors (Lipinski definition) is 1. The van der Waals surface area contributed by atoms with Gasteiger partial charge in [-0.05, 0) is 49.4 Å². The number of fused-ring (bicyclic) bond motifs is 1. The third kappa shape index (κ3) is 3.68. The van der Waals surface area contributed by atoms with Gasteiger partial charge >= 0.3 is 0 Å². The van der Waals surface area contributed by atoms with Crippen molar-refractivity contribution in [2.45, 2.75) is 13.5 Å². The largest absolute Gasteiger partial charge is 0.367 e. The number of benzene rings is 1. The summed E-state index contributed by atoms with van der Waals surface area (Å²) in [6.07, 6.45) is 3.45. The van der Waals surface area contributed by atoms with E-state index >= 15 is 0 Å². The van der Waals surface area contributed by atoms with Gasteiger partial charge in [-0.3, -0.25) is 4.98 Å². The van der Waals surface area contributed by atoms with Gasteiger partial charge in [0, 0.05) is 30.2 Å². The first-order valence-electron chi connectivity index (χ1n) is 10.1. The Morgan fingerprint density at radius 3 is 2.81 bits per heavy atom. The predicted octanol–water partition coefficient (Wildman–Crippen LogP) is 4.00. The average Bonchev–Trinajstić information content (AvgIpc) is 3.45. The van der Waals surface area contributed by atoms with Crippen molar-refractivity contribution < 1.29 is 0 Å². The number of rotatable bonds is 5. The molecule has 5 rings (SSSR count). The molecule has 8 nitrogen and oxygen atoms in total. The number of H-pyrrole nitrogens is 1. The van der Waals surface area contributed by atoms with Crippen molar-refractivity contribution in [1.82, 2.24) is 29.5 Å². The van der Waals surface area contributed by atoms with Crippen LogP contribution >= 0.6 is 0 Å². The van der Waals surface area contributed by atoms with Gasteiger partial charge in [0.25, 0.3) is 0 Å². The molecule has 4 heterocycles.